The van der Waals surface area contributed by atoms with Gasteiger partial charge in [0.05, 0.1) is 13.7 Å². The average Bonchev–Trinajstić information content (AvgIpc) is 2.53. The Balaban J connectivity index is 2.51. The normalized spacial score (nSPS) is 11.3. The number of rotatable bonds is 6. The molecule has 0 aliphatic rings. The maximum atomic E-state index is 11.9. The number of benzene rings is 2. The Morgan fingerprint density at radius 2 is 1.96 bits per heavy atom. The molecule has 0 atom stereocenters. The first-order valence-electron chi connectivity index (χ1n) is 7.02. The number of amides is 1. The lowest BCUT2D eigenvalue weighted by Crippen LogP contribution is -2.14. The van der Waals surface area contributed by atoms with Gasteiger partial charge in [-0.2, -0.15) is 0 Å². The van der Waals surface area contributed by atoms with Gasteiger partial charge in [-0.3, -0.25) is 4.79 Å². The van der Waals surface area contributed by atoms with Crippen LogP contribution >= 0.6 is 0 Å². The Hall–Kier alpha value is -2.79. The maximum absolute atomic E-state index is 11.9. The molecule has 2 aromatic rings. The number of primary amides is 1. The van der Waals surface area contributed by atoms with Gasteiger partial charge in [0.15, 0.2) is 11.5 Å². The summed E-state index contributed by atoms with van der Waals surface area (Å²) in [6.07, 6.45) is 1.63. The van der Waals surface area contributed by atoms with E-state index in [-0.39, 0.29) is 5.75 Å². The molecule has 0 bridgehead atoms. The number of phenolic OH excluding ortho intramolecular Hbond substituents is 1. The average molecular weight is 313 g/mol. The summed E-state index contributed by atoms with van der Waals surface area (Å²) in [4.78, 5) is 11.9. The lowest BCUT2D eigenvalue weighted by Gasteiger charge is -2.11. The summed E-state index contributed by atoms with van der Waals surface area (Å²) in [6.45, 7) is 0.370. The minimum atomic E-state index is -0.552. The molecule has 2 rings (SSSR count). The standard InChI is InChI=1S/C18H19NO4/c1-22-11-13-5-3-4-6-14(13)15(18(19)21)9-12-7-8-17(23-2)16(20)10-12/h3-10,20H,11H2,1-2H3,(H2,19,21)/b15-9+. The number of hydrogen-bond acceptors (Lipinski definition) is 4. The molecule has 5 nitrogen and oxygen atoms in total. The number of aromatic hydroxyl groups is 1. The highest BCUT2D eigenvalue weighted by Crippen LogP contribution is 2.29. The van der Waals surface area contributed by atoms with Gasteiger partial charge >= 0.3 is 0 Å². The van der Waals surface area contributed by atoms with Crippen LogP contribution in [-0.4, -0.2) is 25.2 Å². The van der Waals surface area contributed by atoms with Gasteiger partial charge in [-0.1, -0.05) is 30.3 Å². The Labute approximate surface area is 135 Å². The quantitative estimate of drug-likeness (QED) is 0.634. The van der Waals surface area contributed by atoms with Crippen molar-refractivity contribution in [2.24, 2.45) is 5.73 Å². The molecular formula is C18H19NO4. The Morgan fingerprint density at radius 3 is 2.57 bits per heavy atom. The van der Waals surface area contributed by atoms with Crippen molar-refractivity contribution >= 4 is 17.6 Å². The van der Waals surface area contributed by atoms with Crippen molar-refractivity contribution in [2.75, 3.05) is 14.2 Å². The Kier molecular flexibility index (Phi) is 5.38. The third-order valence-electron chi connectivity index (χ3n) is 3.39. The number of ether oxygens (including phenoxy) is 2. The third-order valence-corrected chi connectivity index (χ3v) is 3.39. The van der Waals surface area contributed by atoms with Crippen molar-refractivity contribution in [3.8, 4) is 11.5 Å². The van der Waals surface area contributed by atoms with E-state index in [1.54, 1.807) is 25.3 Å². The van der Waals surface area contributed by atoms with Gasteiger partial charge in [-0.05, 0) is 34.9 Å². The van der Waals surface area contributed by atoms with Crippen molar-refractivity contribution in [3.63, 3.8) is 0 Å². The van der Waals surface area contributed by atoms with Gasteiger partial charge in [-0.25, -0.2) is 0 Å². The summed E-state index contributed by atoms with van der Waals surface area (Å²) in [5.41, 5.74) is 8.10. The van der Waals surface area contributed by atoms with Crippen molar-refractivity contribution in [3.05, 3.63) is 59.2 Å². The summed E-state index contributed by atoms with van der Waals surface area (Å²) >= 11 is 0. The molecule has 0 fully saturated rings. The van der Waals surface area contributed by atoms with E-state index in [4.69, 9.17) is 15.2 Å². The fraction of sp³-hybridized carbons (Fsp3) is 0.167. The summed E-state index contributed by atoms with van der Waals surface area (Å²) < 4.78 is 10.2. The molecule has 0 saturated heterocycles. The first-order chi connectivity index (χ1) is 11.1. The fourth-order valence-electron chi connectivity index (χ4n) is 2.31. The van der Waals surface area contributed by atoms with Crippen LogP contribution in [0, 0.1) is 0 Å². The molecule has 2 aromatic carbocycles. The summed E-state index contributed by atoms with van der Waals surface area (Å²) in [5, 5.41) is 9.86. The molecular weight excluding hydrogens is 294 g/mol. The van der Waals surface area contributed by atoms with Crippen LogP contribution in [0.5, 0.6) is 11.5 Å². The predicted molar refractivity (Wildman–Crippen MR) is 88.9 cm³/mol. The number of methoxy groups -OCH3 is 2. The van der Waals surface area contributed by atoms with Crippen molar-refractivity contribution in [2.45, 2.75) is 6.61 Å². The van der Waals surface area contributed by atoms with Crippen LogP contribution in [0.1, 0.15) is 16.7 Å². The second kappa shape index (κ2) is 7.47. The van der Waals surface area contributed by atoms with Crippen LogP contribution < -0.4 is 10.5 Å². The molecule has 1 amide bonds. The molecule has 3 N–H and O–H groups in total. The van der Waals surface area contributed by atoms with Crippen LogP contribution in [0.25, 0.3) is 11.6 Å². The molecule has 0 aliphatic carbocycles. The largest absolute Gasteiger partial charge is 0.504 e. The lowest BCUT2D eigenvalue weighted by molar-refractivity contribution is -0.112. The molecule has 0 aliphatic heterocycles. The van der Waals surface area contributed by atoms with E-state index in [1.807, 2.05) is 24.3 Å². The molecule has 0 saturated carbocycles. The first kappa shape index (κ1) is 16.6. The van der Waals surface area contributed by atoms with Crippen LogP contribution in [0.15, 0.2) is 42.5 Å². The van der Waals surface area contributed by atoms with Gasteiger partial charge < -0.3 is 20.3 Å². The highest BCUT2D eigenvalue weighted by molar-refractivity contribution is 6.23. The van der Waals surface area contributed by atoms with Crippen LogP contribution in [-0.2, 0) is 16.1 Å². The van der Waals surface area contributed by atoms with Crippen LogP contribution in [0.4, 0.5) is 0 Å². The van der Waals surface area contributed by atoms with E-state index in [0.29, 0.717) is 29.1 Å². The third kappa shape index (κ3) is 3.90. The zero-order valence-corrected chi connectivity index (χ0v) is 13.1. The van der Waals surface area contributed by atoms with E-state index in [9.17, 15) is 9.90 Å². The molecule has 0 aromatic heterocycles. The number of phenols is 1. The van der Waals surface area contributed by atoms with E-state index in [1.165, 1.54) is 13.2 Å². The molecule has 0 radical (unpaired) electrons. The number of carbonyl (C=O) groups excluding carboxylic acids is 1. The van der Waals surface area contributed by atoms with E-state index >= 15 is 0 Å². The highest BCUT2D eigenvalue weighted by Gasteiger charge is 2.13. The molecule has 23 heavy (non-hydrogen) atoms. The molecule has 0 heterocycles. The van der Waals surface area contributed by atoms with E-state index in [0.717, 1.165) is 5.56 Å². The van der Waals surface area contributed by atoms with E-state index in [2.05, 4.69) is 0 Å². The monoisotopic (exact) mass is 313 g/mol. The predicted octanol–water partition coefficient (Wildman–Crippen LogP) is 2.57. The SMILES string of the molecule is COCc1ccccc1/C(=C\c1ccc(OC)c(O)c1)C(N)=O. The first-order valence-corrected chi connectivity index (χ1v) is 7.02. The van der Waals surface area contributed by atoms with E-state index < -0.39 is 5.91 Å². The molecule has 0 spiro atoms. The fourth-order valence-corrected chi connectivity index (χ4v) is 2.31. The van der Waals surface area contributed by atoms with Crippen LogP contribution in [0.2, 0.25) is 0 Å². The minimum Gasteiger partial charge on any atom is -0.504 e. The second-order valence-corrected chi connectivity index (χ2v) is 4.94. The Bertz CT molecular complexity index is 738. The summed E-state index contributed by atoms with van der Waals surface area (Å²) in [5.74, 6) is -0.193. The summed E-state index contributed by atoms with van der Waals surface area (Å²) in [7, 11) is 3.06. The van der Waals surface area contributed by atoms with Crippen molar-refractivity contribution in [1.82, 2.24) is 0 Å². The van der Waals surface area contributed by atoms with Gasteiger partial charge in [0, 0.05) is 12.7 Å². The zero-order chi connectivity index (χ0) is 16.8. The number of hydrogen-bond donors (Lipinski definition) is 2. The second-order valence-electron chi connectivity index (χ2n) is 4.94. The molecule has 5 heteroatoms. The molecule has 120 valence electrons. The molecule has 0 unspecified atom stereocenters. The maximum Gasteiger partial charge on any atom is 0.249 e. The van der Waals surface area contributed by atoms with Gasteiger partial charge in [0.2, 0.25) is 5.91 Å². The van der Waals surface area contributed by atoms with Crippen molar-refractivity contribution in [1.29, 1.82) is 0 Å². The highest BCUT2D eigenvalue weighted by atomic mass is 16.5. The Morgan fingerprint density at radius 1 is 1.22 bits per heavy atom. The van der Waals surface area contributed by atoms with Crippen LogP contribution in [0.3, 0.4) is 0 Å². The topological polar surface area (TPSA) is 81.8 Å². The van der Waals surface area contributed by atoms with Crippen molar-refractivity contribution < 1.29 is 19.4 Å². The number of carbonyl (C=O) groups is 1. The number of nitrogens with two attached hydrogens (primary N) is 1. The smallest absolute Gasteiger partial charge is 0.249 e. The van der Waals surface area contributed by atoms with Gasteiger partial charge in [-0.15, -0.1) is 0 Å². The lowest BCUT2D eigenvalue weighted by atomic mass is 9.97. The van der Waals surface area contributed by atoms with Gasteiger partial charge in [0.1, 0.15) is 0 Å². The summed E-state index contributed by atoms with van der Waals surface area (Å²) in [6, 6.07) is 12.3. The zero-order valence-electron chi connectivity index (χ0n) is 13.1. The van der Waals surface area contributed by atoms with Gasteiger partial charge in [0.25, 0.3) is 0 Å². The minimum absolute atomic E-state index is 0.00440.